The zero-order valence-corrected chi connectivity index (χ0v) is 8.36. The lowest BCUT2D eigenvalue weighted by molar-refractivity contribution is 0.125. The standard InChI is InChI=1S/C9H16O2S/c1-3-9(7-11-4-2)5-6-12(10)8-9/h4H,2-3,5-8H2,1H3. The molecule has 0 bridgehead atoms. The predicted octanol–water partition coefficient (Wildman–Crippen LogP) is 1.70. The molecule has 1 aliphatic heterocycles. The van der Waals surface area contributed by atoms with Gasteiger partial charge >= 0.3 is 0 Å². The molecule has 2 unspecified atom stereocenters. The van der Waals surface area contributed by atoms with Gasteiger partial charge in [0.2, 0.25) is 0 Å². The first-order valence-electron chi connectivity index (χ1n) is 4.30. The summed E-state index contributed by atoms with van der Waals surface area (Å²) in [5, 5.41) is 0. The molecule has 0 N–H and O–H groups in total. The van der Waals surface area contributed by atoms with Gasteiger partial charge in [0.25, 0.3) is 0 Å². The molecule has 0 saturated carbocycles. The van der Waals surface area contributed by atoms with E-state index in [0.29, 0.717) is 6.61 Å². The highest BCUT2D eigenvalue weighted by Crippen LogP contribution is 2.34. The molecule has 70 valence electrons. The van der Waals surface area contributed by atoms with Gasteiger partial charge in [0.05, 0.1) is 12.9 Å². The van der Waals surface area contributed by atoms with E-state index in [1.165, 1.54) is 6.26 Å². The Morgan fingerprint density at radius 3 is 2.92 bits per heavy atom. The van der Waals surface area contributed by atoms with Gasteiger partial charge in [-0.3, -0.25) is 4.21 Å². The second kappa shape index (κ2) is 4.08. The fourth-order valence-electron chi connectivity index (χ4n) is 1.55. The van der Waals surface area contributed by atoms with Gasteiger partial charge in [-0.2, -0.15) is 0 Å². The Balaban J connectivity index is 2.51. The molecule has 0 aliphatic carbocycles. The summed E-state index contributed by atoms with van der Waals surface area (Å²) >= 11 is 0. The SMILES string of the molecule is C=COCC1(CC)CCS(=O)C1. The van der Waals surface area contributed by atoms with Crippen LogP contribution in [0.5, 0.6) is 0 Å². The lowest BCUT2D eigenvalue weighted by Gasteiger charge is -2.24. The Bertz CT molecular complexity index is 191. The van der Waals surface area contributed by atoms with E-state index < -0.39 is 10.8 Å². The number of hydrogen-bond donors (Lipinski definition) is 0. The summed E-state index contributed by atoms with van der Waals surface area (Å²) in [6.45, 7) is 6.32. The average Bonchev–Trinajstić information content (AvgIpc) is 2.45. The minimum absolute atomic E-state index is 0.166. The highest BCUT2D eigenvalue weighted by molar-refractivity contribution is 7.85. The molecule has 1 saturated heterocycles. The molecule has 0 radical (unpaired) electrons. The van der Waals surface area contributed by atoms with Crippen molar-refractivity contribution in [3.05, 3.63) is 12.8 Å². The van der Waals surface area contributed by atoms with Crippen molar-refractivity contribution >= 4 is 10.8 Å². The van der Waals surface area contributed by atoms with Crippen molar-refractivity contribution in [3.63, 3.8) is 0 Å². The lowest BCUT2D eigenvalue weighted by atomic mass is 9.86. The van der Waals surface area contributed by atoms with E-state index in [0.717, 1.165) is 24.3 Å². The van der Waals surface area contributed by atoms with Crippen molar-refractivity contribution in [1.82, 2.24) is 0 Å². The van der Waals surface area contributed by atoms with Gasteiger partial charge in [0.1, 0.15) is 0 Å². The number of ether oxygens (including phenoxy) is 1. The van der Waals surface area contributed by atoms with Crippen LogP contribution >= 0.6 is 0 Å². The fourth-order valence-corrected chi connectivity index (χ4v) is 3.47. The highest BCUT2D eigenvalue weighted by Gasteiger charge is 2.36. The van der Waals surface area contributed by atoms with E-state index in [2.05, 4.69) is 13.5 Å². The quantitative estimate of drug-likeness (QED) is 0.628. The predicted molar refractivity (Wildman–Crippen MR) is 51.4 cm³/mol. The van der Waals surface area contributed by atoms with E-state index in [1.807, 2.05) is 0 Å². The summed E-state index contributed by atoms with van der Waals surface area (Å²) in [5.41, 5.74) is 0.166. The van der Waals surface area contributed by atoms with Gasteiger partial charge in [-0.15, -0.1) is 0 Å². The van der Waals surface area contributed by atoms with Crippen molar-refractivity contribution in [2.45, 2.75) is 19.8 Å². The minimum atomic E-state index is -0.610. The first-order chi connectivity index (χ1) is 5.72. The molecule has 12 heavy (non-hydrogen) atoms. The molecule has 2 nitrogen and oxygen atoms in total. The third-order valence-corrected chi connectivity index (χ3v) is 4.18. The van der Waals surface area contributed by atoms with Gasteiger partial charge < -0.3 is 4.74 Å². The Hall–Kier alpha value is -0.310. The molecule has 0 aromatic rings. The maximum atomic E-state index is 11.2. The summed E-state index contributed by atoms with van der Waals surface area (Å²) < 4.78 is 16.4. The number of hydrogen-bond acceptors (Lipinski definition) is 2. The van der Waals surface area contributed by atoms with Crippen LogP contribution in [0.2, 0.25) is 0 Å². The fraction of sp³-hybridized carbons (Fsp3) is 0.778. The van der Waals surface area contributed by atoms with E-state index in [-0.39, 0.29) is 5.41 Å². The van der Waals surface area contributed by atoms with Crippen LogP contribution in [0.25, 0.3) is 0 Å². The molecule has 0 amide bonds. The van der Waals surface area contributed by atoms with Crippen LogP contribution in [0.15, 0.2) is 12.8 Å². The van der Waals surface area contributed by atoms with Crippen LogP contribution in [0.1, 0.15) is 19.8 Å². The van der Waals surface area contributed by atoms with Crippen molar-refractivity contribution in [1.29, 1.82) is 0 Å². The molecule has 1 heterocycles. The molecule has 0 aromatic carbocycles. The van der Waals surface area contributed by atoms with Crippen LogP contribution in [0.3, 0.4) is 0 Å². The van der Waals surface area contributed by atoms with E-state index in [1.54, 1.807) is 0 Å². The lowest BCUT2D eigenvalue weighted by Crippen LogP contribution is -2.25. The summed E-state index contributed by atoms with van der Waals surface area (Å²) in [7, 11) is -0.610. The van der Waals surface area contributed by atoms with Crippen LogP contribution in [-0.4, -0.2) is 22.3 Å². The molecule has 2 atom stereocenters. The third kappa shape index (κ3) is 2.09. The number of rotatable bonds is 4. The Morgan fingerprint density at radius 2 is 2.50 bits per heavy atom. The van der Waals surface area contributed by atoms with Crippen molar-refractivity contribution < 1.29 is 8.95 Å². The van der Waals surface area contributed by atoms with Crippen LogP contribution in [-0.2, 0) is 15.5 Å². The molecular weight excluding hydrogens is 172 g/mol. The normalized spacial score (nSPS) is 34.9. The van der Waals surface area contributed by atoms with Gasteiger partial charge in [0.15, 0.2) is 0 Å². The maximum absolute atomic E-state index is 11.2. The first kappa shape index (κ1) is 9.78. The van der Waals surface area contributed by atoms with Crippen LogP contribution < -0.4 is 0 Å². The van der Waals surface area contributed by atoms with E-state index in [4.69, 9.17) is 4.74 Å². The second-order valence-corrected chi connectivity index (χ2v) is 4.95. The first-order valence-corrected chi connectivity index (χ1v) is 5.79. The highest BCUT2D eigenvalue weighted by atomic mass is 32.2. The third-order valence-electron chi connectivity index (χ3n) is 2.58. The summed E-state index contributed by atoms with van der Waals surface area (Å²) in [6.07, 6.45) is 3.55. The topological polar surface area (TPSA) is 26.3 Å². The van der Waals surface area contributed by atoms with Crippen LogP contribution in [0.4, 0.5) is 0 Å². The largest absolute Gasteiger partial charge is 0.501 e. The summed E-state index contributed by atoms with van der Waals surface area (Å²) in [6, 6.07) is 0. The Morgan fingerprint density at radius 1 is 1.75 bits per heavy atom. The molecule has 0 aromatic heterocycles. The van der Waals surface area contributed by atoms with Gasteiger partial charge in [0, 0.05) is 27.7 Å². The van der Waals surface area contributed by atoms with Gasteiger partial charge in [-0.1, -0.05) is 13.5 Å². The van der Waals surface area contributed by atoms with Crippen molar-refractivity contribution in [2.75, 3.05) is 18.1 Å². The summed E-state index contributed by atoms with van der Waals surface area (Å²) in [4.78, 5) is 0. The molecule has 1 rings (SSSR count). The van der Waals surface area contributed by atoms with Crippen molar-refractivity contribution in [2.24, 2.45) is 5.41 Å². The molecular formula is C9H16O2S. The second-order valence-electron chi connectivity index (χ2n) is 3.37. The minimum Gasteiger partial charge on any atom is -0.501 e. The van der Waals surface area contributed by atoms with E-state index >= 15 is 0 Å². The van der Waals surface area contributed by atoms with E-state index in [9.17, 15) is 4.21 Å². The van der Waals surface area contributed by atoms with Gasteiger partial charge in [-0.05, 0) is 12.8 Å². The van der Waals surface area contributed by atoms with Gasteiger partial charge in [-0.25, -0.2) is 0 Å². The van der Waals surface area contributed by atoms with Crippen LogP contribution in [0, 0.1) is 5.41 Å². The molecule has 3 heteroatoms. The smallest absolute Gasteiger partial charge is 0.0938 e. The Labute approximate surface area is 76.5 Å². The maximum Gasteiger partial charge on any atom is 0.0938 e. The zero-order valence-electron chi connectivity index (χ0n) is 7.54. The zero-order chi connectivity index (χ0) is 9.03. The summed E-state index contributed by atoms with van der Waals surface area (Å²) in [5.74, 6) is 1.64. The molecule has 1 aliphatic rings. The molecule has 1 fully saturated rings. The monoisotopic (exact) mass is 188 g/mol. The molecule has 0 spiro atoms. The average molecular weight is 188 g/mol. The Kier molecular flexibility index (Phi) is 3.32. The van der Waals surface area contributed by atoms with Crippen molar-refractivity contribution in [3.8, 4) is 0 Å².